The van der Waals surface area contributed by atoms with Gasteiger partial charge in [-0.3, -0.25) is 13.9 Å². The summed E-state index contributed by atoms with van der Waals surface area (Å²) in [6.45, 7) is 3.37. The summed E-state index contributed by atoms with van der Waals surface area (Å²) >= 11 is 12.1. The minimum atomic E-state index is -3.93. The van der Waals surface area contributed by atoms with E-state index in [1.807, 2.05) is 6.92 Å². The maximum atomic E-state index is 13.8. The van der Waals surface area contributed by atoms with Gasteiger partial charge in [0, 0.05) is 13.1 Å². The Balaban J connectivity index is 2.37. The summed E-state index contributed by atoms with van der Waals surface area (Å²) < 4.78 is 39.4. The largest absolute Gasteiger partial charge is 0.354 e. The second kappa shape index (κ2) is 12.4. The summed E-state index contributed by atoms with van der Waals surface area (Å²) in [6.07, 6.45) is 2.59. The monoisotopic (exact) mass is 531 g/mol. The normalized spacial score (nSPS) is 12.2. The molecule has 0 bridgehead atoms. The van der Waals surface area contributed by atoms with Crippen molar-refractivity contribution < 1.29 is 22.4 Å². The van der Waals surface area contributed by atoms with E-state index in [2.05, 4.69) is 5.32 Å². The molecular formula is C23H28Cl2FN3O4S. The van der Waals surface area contributed by atoms with E-state index in [0.29, 0.717) is 17.1 Å². The number of amides is 2. The molecule has 0 saturated carbocycles. The van der Waals surface area contributed by atoms with E-state index in [4.69, 9.17) is 23.2 Å². The van der Waals surface area contributed by atoms with Crippen LogP contribution < -0.4 is 9.62 Å². The van der Waals surface area contributed by atoms with Crippen molar-refractivity contribution in [2.24, 2.45) is 0 Å². The number of nitrogens with one attached hydrogen (secondary N) is 1. The molecule has 0 saturated heterocycles. The number of hydrogen-bond donors (Lipinski definition) is 1. The van der Waals surface area contributed by atoms with Gasteiger partial charge in [-0.2, -0.15) is 0 Å². The predicted octanol–water partition coefficient (Wildman–Crippen LogP) is 4.23. The Morgan fingerprint density at radius 2 is 1.82 bits per heavy atom. The summed E-state index contributed by atoms with van der Waals surface area (Å²) in [5, 5.41) is 3.40. The van der Waals surface area contributed by atoms with E-state index in [1.165, 1.54) is 23.1 Å². The maximum absolute atomic E-state index is 13.8. The molecule has 1 atom stereocenters. The lowest BCUT2D eigenvalue weighted by molar-refractivity contribution is -0.139. The second-order valence-electron chi connectivity index (χ2n) is 7.84. The molecule has 0 aliphatic carbocycles. The predicted molar refractivity (Wildman–Crippen MR) is 133 cm³/mol. The lowest BCUT2D eigenvalue weighted by Gasteiger charge is -2.31. The van der Waals surface area contributed by atoms with E-state index in [9.17, 15) is 22.4 Å². The van der Waals surface area contributed by atoms with Crippen molar-refractivity contribution in [3.63, 3.8) is 0 Å². The van der Waals surface area contributed by atoms with Crippen molar-refractivity contribution in [2.75, 3.05) is 23.7 Å². The van der Waals surface area contributed by atoms with Gasteiger partial charge in [-0.25, -0.2) is 12.8 Å². The zero-order valence-corrected chi connectivity index (χ0v) is 21.6. The highest BCUT2D eigenvalue weighted by atomic mass is 35.5. The molecule has 0 aromatic heterocycles. The minimum Gasteiger partial charge on any atom is -0.354 e. The Morgan fingerprint density at radius 3 is 2.41 bits per heavy atom. The van der Waals surface area contributed by atoms with Crippen LogP contribution in [0, 0.1) is 5.82 Å². The van der Waals surface area contributed by atoms with Crippen molar-refractivity contribution in [1.29, 1.82) is 0 Å². The smallest absolute Gasteiger partial charge is 0.244 e. The standard InChI is InChI=1S/C23H28Cl2FN3O4S/c1-4-5-11-27-23(31)16(2)28(14-17-9-10-20(24)21(25)12-17)22(30)15-29(34(3,32)33)19-8-6-7-18(26)13-19/h6-10,12-13,16H,4-5,11,14-15H2,1-3H3,(H,27,31)/t16-/m1/s1. The molecule has 186 valence electrons. The van der Waals surface area contributed by atoms with Gasteiger partial charge < -0.3 is 10.2 Å². The zero-order chi connectivity index (χ0) is 25.5. The van der Waals surface area contributed by atoms with E-state index in [-0.39, 0.29) is 23.2 Å². The van der Waals surface area contributed by atoms with E-state index in [0.717, 1.165) is 29.5 Å². The number of carbonyl (C=O) groups excluding carboxylic acids is 2. The van der Waals surface area contributed by atoms with Crippen LogP contribution >= 0.6 is 23.2 Å². The average Bonchev–Trinajstić information content (AvgIpc) is 2.76. The molecule has 2 rings (SSSR count). The number of carbonyl (C=O) groups is 2. The van der Waals surface area contributed by atoms with Crippen LogP contribution in [0.2, 0.25) is 10.0 Å². The van der Waals surface area contributed by atoms with Gasteiger partial charge in [0.1, 0.15) is 18.4 Å². The molecule has 2 aromatic rings. The molecule has 11 heteroatoms. The Kier molecular flexibility index (Phi) is 10.1. The molecule has 0 fully saturated rings. The van der Waals surface area contributed by atoms with Gasteiger partial charge in [0.2, 0.25) is 21.8 Å². The van der Waals surface area contributed by atoms with Crippen LogP contribution in [-0.4, -0.2) is 50.5 Å². The Bertz CT molecular complexity index is 1130. The highest BCUT2D eigenvalue weighted by molar-refractivity contribution is 7.92. The van der Waals surface area contributed by atoms with Gasteiger partial charge in [-0.15, -0.1) is 0 Å². The first-order valence-corrected chi connectivity index (χ1v) is 13.3. The third-order valence-corrected chi connectivity index (χ3v) is 6.99. The number of unbranched alkanes of at least 4 members (excludes halogenated alkanes) is 1. The van der Waals surface area contributed by atoms with Gasteiger partial charge in [0.15, 0.2) is 0 Å². The van der Waals surface area contributed by atoms with Gasteiger partial charge in [-0.05, 0) is 49.2 Å². The van der Waals surface area contributed by atoms with Crippen molar-refractivity contribution in [2.45, 2.75) is 39.3 Å². The summed E-state index contributed by atoms with van der Waals surface area (Å²) in [5.74, 6) is -1.66. The first kappa shape index (κ1) is 27.9. The average molecular weight is 532 g/mol. The van der Waals surface area contributed by atoms with Crippen LogP contribution in [0.15, 0.2) is 42.5 Å². The summed E-state index contributed by atoms with van der Waals surface area (Å²) in [4.78, 5) is 27.4. The summed E-state index contributed by atoms with van der Waals surface area (Å²) in [6, 6.07) is 8.84. The van der Waals surface area contributed by atoms with Crippen molar-refractivity contribution in [3.8, 4) is 0 Å². The number of nitrogens with zero attached hydrogens (tertiary/aromatic N) is 2. The molecule has 34 heavy (non-hydrogen) atoms. The molecule has 2 amide bonds. The fraction of sp³-hybridized carbons (Fsp3) is 0.391. The maximum Gasteiger partial charge on any atom is 0.244 e. The Morgan fingerprint density at radius 1 is 1.12 bits per heavy atom. The Labute approximate surface area is 209 Å². The van der Waals surface area contributed by atoms with E-state index < -0.39 is 34.3 Å². The molecule has 0 aliphatic rings. The molecule has 1 N–H and O–H groups in total. The third kappa shape index (κ3) is 7.85. The molecule has 0 radical (unpaired) electrons. The number of anilines is 1. The van der Waals surface area contributed by atoms with E-state index in [1.54, 1.807) is 25.1 Å². The molecular weight excluding hydrogens is 504 g/mol. The van der Waals surface area contributed by atoms with Gasteiger partial charge >= 0.3 is 0 Å². The molecule has 0 aliphatic heterocycles. The zero-order valence-electron chi connectivity index (χ0n) is 19.2. The molecule has 0 heterocycles. The quantitative estimate of drug-likeness (QED) is 0.439. The van der Waals surface area contributed by atoms with Gasteiger partial charge in [0.05, 0.1) is 22.0 Å². The van der Waals surface area contributed by atoms with Crippen molar-refractivity contribution >= 4 is 50.7 Å². The first-order chi connectivity index (χ1) is 15.9. The summed E-state index contributed by atoms with van der Waals surface area (Å²) in [5.41, 5.74) is 0.609. The highest BCUT2D eigenvalue weighted by Gasteiger charge is 2.30. The summed E-state index contributed by atoms with van der Waals surface area (Å²) in [7, 11) is -3.93. The number of rotatable bonds is 11. The minimum absolute atomic E-state index is 0.00499. The number of sulfonamides is 1. The molecule has 0 spiro atoms. The topological polar surface area (TPSA) is 86.8 Å². The van der Waals surface area contributed by atoms with Crippen LogP contribution in [0.1, 0.15) is 32.3 Å². The van der Waals surface area contributed by atoms with Crippen molar-refractivity contribution in [3.05, 3.63) is 63.9 Å². The molecule has 7 nitrogen and oxygen atoms in total. The first-order valence-electron chi connectivity index (χ1n) is 10.7. The third-order valence-electron chi connectivity index (χ3n) is 5.11. The van der Waals surface area contributed by atoms with Gasteiger partial charge in [-0.1, -0.05) is 48.7 Å². The van der Waals surface area contributed by atoms with Crippen molar-refractivity contribution in [1.82, 2.24) is 10.2 Å². The van der Waals surface area contributed by atoms with Crippen LogP contribution in [0.4, 0.5) is 10.1 Å². The van der Waals surface area contributed by atoms with Crippen LogP contribution in [0.5, 0.6) is 0 Å². The van der Waals surface area contributed by atoms with Gasteiger partial charge in [0.25, 0.3) is 0 Å². The second-order valence-corrected chi connectivity index (χ2v) is 10.6. The van der Waals surface area contributed by atoms with Crippen LogP contribution in [-0.2, 0) is 26.2 Å². The molecule has 2 aromatic carbocycles. The lowest BCUT2D eigenvalue weighted by Crippen LogP contribution is -2.51. The SMILES string of the molecule is CCCCNC(=O)[C@@H](C)N(Cc1ccc(Cl)c(Cl)c1)C(=O)CN(c1cccc(F)c1)S(C)(=O)=O. The Hall–Kier alpha value is -2.36. The van der Waals surface area contributed by atoms with Crippen LogP contribution in [0.25, 0.3) is 0 Å². The number of hydrogen-bond acceptors (Lipinski definition) is 4. The number of benzene rings is 2. The number of halogens is 3. The molecule has 0 unspecified atom stereocenters. The fourth-order valence-electron chi connectivity index (χ4n) is 3.20. The lowest BCUT2D eigenvalue weighted by atomic mass is 10.1. The van der Waals surface area contributed by atoms with Crippen LogP contribution in [0.3, 0.4) is 0 Å². The highest BCUT2D eigenvalue weighted by Crippen LogP contribution is 2.24. The fourth-order valence-corrected chi connectivity index (χ4v) is 4.36. The van der Waals surface area contributed by atoms with E-state index >= 15 is 0 Å².